The maximum Gasteiger partial charge on any atom is 0.164 e. The second-order valence-electron chi connectivity index (χ2n) is 4.51. The van der Waals surface area contributed by atoms with E-state index in [1.807, 2.05) is 30.3 Å². The summed E-state index contributed by atoms with van der Waals surface area (Å²) in [6, 6.07) is 7.77. The Morgan fingerprint density at radius 2 is 1.64 bits per heavy atom. The van der Waals surface area contributed by atoms with E-state index in [2.05, 4.69) is 10.8 Å². The van der Waals surface area contributed by atoms with Crippen LogP contribution in [-0.4, -0.2) is 31.0 Å². The molecule has 0 aromatic heterocycles. The smallest absolute Gasteiger partial charge is 0.164 e. The summed E-state index contributed by atoms with van der Waals surface area (Å²) in [5.74, 6) is 0.849. The van der Waals surface area contributed by atoms with Crippen molar-refractivity contribution in [2.75, 3.05) is 20.2 Å². The Morgan fingerprint density at radius 1 is 1.14 bits per heavy atom. The molecule has 0 bridgehead atoms. The Bertz CT molecular complexity index is 509. The molecule has 0 spiro atoms. The van der Waals surface area contributed by atoms with Gasteiger partial charge in [-0.3, -0.25) is 0 Å². The van der Waals surface area contributed by atoms with Gasteiger partial charge in [-0.05, 0) is 29.8 Å². The Labute approximate surface area is 136 Å². The second-order valence-corrected chi connectivity index (χ2v) is 5.68. The summed E-state index contributed by atoms with van der Waals surface area (Å²) in [6.07, 6.45) is 6.61. The van der Waals surface area contributed by atoms with Gasteiger partial charge in [-0.15, -0.1) is 10.2 Å². The number of ether oxygens (including phenoxy) is 1. The predicted octanol–water partition coefficient (Wildman–Crippen LogP) is -1.60. The van der Waals surface area contributed by atoms with E-state index in [-0.39, 0.29) is 0 Å². The summed E-state index contributed by atoms with van der Waals surface area (Å²) in [5.41, 5.74) is 1.02. The van der Waals surface area contributed by atoms with E-state index in [1.54, 1.807) is 7.11 Å². The van der Waals surface area contributed by atoms with Crippen LogP contribution in [0.5, 0.6) is 5.75 Å². The zero-order valence-corrected chi connectivity index (χ0v) is 13.5. The van der Waals surface area contributed by atoms with Gasteiger partial charge in [-0.25, -0.2) is 23.2 Å². The van der Waals surface area contributed by atoms with Gasteiger partial charge in [0.2, 0.25) is 0 Å². The highest BCUT2D eigenvalue weighted by Gasteiger charge is 2.11. The van der Waals surface area contributed by atoms with Gasteiger partial charge in [0.05, 0.1) is 12.1 Å². The molecule has 1 fully saturated rings. The van der Waals surface area contributed by atoms with Gasteiger partial charge in [0.15, 0.2) is 6.21 Å². The van der Waals surface area contributed by atoms with Crippen molar-refractivity contribution in [3.05, 3.63) is 35.9 Å². The molecule has 0 N–H and O–H groups in total. The first-order valence-electron chi connectivity index (χ1n) is 6.50. The molecular weight excluding hydrogens is 333 g/mol. The molecule has 1 aromatic carbocycles. The molecule has 22 heavy (non-hydrogen) atoms. The Balaban J connectivity index is 0.000000422. The number of benzene rings is 1. The normalized spacial score (nSPS) is 15.2. The molecule has 1 aliphatic rings. The van der Waals surface area contributed by atoms with Crippen molar-refractivity contribution in [3.63, 3.8) is 0 Å². The van der Waals surface area contributed by atoms with Gasteiger partial charge in [-0.1, -0.05) is 11.6 Å². The number of nitrogens with zero attached hydrogens (tertiary/aromatic N) is 1. The summed E-state index contributed by atoms with van der Waals surface area (Å²) in [4.78, 5) is 0. The minimum Gasteiger partial charge on any atom is -0.497 e. The van der Waals surface area contributed by atoms with E-state index in [9.17, 15) is 0 Å². The third-order valence-corrected chi connectivity index (χ3v) is 3.28. The molecular formula is C14H17Cl2NO5. The largest absolute Gasteiger partial charge is 0.497 e. The van der Waals surface area contributed by atoms with Gasteiger partial charge in [0, 0.05) is 18.9 Å². The highest BCUT2D eigenvalue weighted by atomic mass is 35.7. The quantitative estimate of drug-likeness (QED) is 0.611. The number of hydrogen-bond donors (Lipinski definition) is 0. The van der Waals surface area contributed by atoms with Crippen LogP contribution >= 0.6 is 11.6 Å². The molecule has 0 amide bonds. The van der Waals surface area contributed by atoms with Gasteiger partial charge < -0.3 is 4.74 Å². The number of rotatable bonds is 3. The van der Waals surface area contributed by atoms with E-state index in [0.29, 0.717) is 0 Å². The molecule has 1 saturated heterocycles. The molecule has 0 aliphatic carbocycles. The van der Waals surface area contributed by atoms with Crippen molar-refractivity contribution in [1.82, 2.24) is 0 Å². The van der Waals surface area contributed by atoms with E-state index in [1.165, 1.54) is 12.8 Å². The fraction of sp³-hybridized carbons (Fsp3) is 0.357. The average molecular weight is 350 g/mol. The molecule has 1 aliphatic heterocycles. The fourth-order valence-corrected chi connectivity index (χ4v) is 2.09. The SMILES string of the molecule is COc1ccc(/C(Cl)=C/C=[N+]2CCCC2)cc1.[O-][Cl+3]([O-])([O-])[O-]. The van der Waals surface area contributed by atoms with Crippen molar-refractivity contribution in [3.8, 4) is 5.75 Å². The lowest BCUT2D eigenvalue weighted by molar-refractivity contribution is -2.00. The number of halogens is 2. The first-order chi connectivity index (χ1) is 10.3. The molecule has 0 saturated carbocycles. The lowest BCUT2D eigenvalue weighted by atomic mass is 10.2. The Kier molecular flexibility index (Phi) is 7.81. The first-order valence-corrected chi connectivity index (χ1v) is 8.11. The van der Waals surface area contributed by atoms with Crippen LogP contribution in [0.4, 0.5) is 0 Å². The monoisotopic (exact) mass is 349 g/mol. The van der Waals surface area contributed by atoms with Gasteiger partial charge in [0.1, 0.15) is 18.8 Å². The van der Waals surface area contributed by atoms with Crippen molar-refractivity contribution in [2.45, 2.75) is 12.8 Å². The summed E-state index contributed by atoms with van der Waals surface area (Å²) < 4.78 is 41.4. The summed E-state index contributed by atoms with van der Waals surface area (Å²) in [6.45, 7) is 2.28. The van der Waals surface area contributed by atoms with Crippen LogP contribution < -0.4 is 23.4 Å². The van der Waals surface area contributed by atoms with E-state index < -0.39 is 10.2 Å². The van der Waals surface area contributed by atoms with Crippen LogP contribution in [0.15, 0.2) is 30.3 Å². The number of hydrogen-bond acceptors (Lipinski definition) is 5. The van der Waals surface area contributed by atoms with E-state index in [0.717, 1.165) is 29.4 Å². The topological polar surface area (TPSA) is 104 Å². The lowest BCUT2D eigenvalue weighted by Gasteiger charge is -2.17. The molecule has 1 aromatic rings. The van der Waals surface area contributed by atoms with Crippen LogP contribution in [0.25, 0.3) is 5.03 Å². The summed E-state index contributed by atoms with van der Waals surface area (Å²) in [5, 5.41) is 0.763. The molecule has 0 radical (unpaired) electrons. The molecule has 122 valence electrons. The zero-order chi connectivity index (χ0) is 16.6. The third kappa shape index (κ3) is 8.33. The van der Waals surface area contributed by atoms with E-state index >= 15 is 0 Å². The van der Waals surface area contributed by atoms with Crippen LogP contribution in [0.3, 0.4) is 0 Å². The minimum absolute atomic E-state index is 0.763. The van der Waals surface area contributed by atoms with Crippen molar-refractivity contribution in [1.29, 1.82) is 0 Å². The van der Waals surface area contributed by atoms with Crippen molar-refractivity contribution >= 4 is 22.8 Å². The molecule has 1 heterocycles. The average Bonchev–Trinajstić information content (AvgIpc) is 2.96. The van der Waals surface area contributed by atoms with Crippen molar-refractivity contribution in [2.24, 2.45) is 0 Å². The standard InChI is InChI=1S/C14H17ClNO.ClHO4/c1-17-13-6-4-12(5-7-13)14(15)8-11-16-9-2-3-10-16;2-1(3,4)5/h4-8,11H,2-3,9-10H2,1H3;(H,2,3,4,5)/q+1;/p-1/b14-8-;. The van der Waals surface area contributed by atoms with Crippen LogP contribution in [0.1, 0.15) is 18.4 Å². The lowest BCUT2D eigenvalue weighted by Crippen LogP contribution is -2.68. The van der Waals surface area contributed by atoms with Crippen LogP contribution in [0.2, 0.25) is 0 Å². The second kappa shape index (κ2) is 9.09. The fourth-order valence-electron chi connectivity index (χ4n) is 1.91. The molecule has 0 unspecified atom stereocenters. The Morgan fingerprint density at radius 3 is 2.09 bits per heavy atom. The first kappa shape index (κ1) is 18.9. The van der Waals surface area contributed by atoms with E-state index in [4.69, 9.17) is 35.0 Å². The van der Waals surface area contributed by atoms with Gasteiger partial charge >= 0.3 is 0 Å². The van der Waals surface area contributed by atoms with Crippen LogP contribution in [0, 0.1) is 10.2 Å². The highest BCUT2D eigenvalue weighted by Crippen LogP contribution is 2.21. The molecule has 8 heteroatoms. The summed E-state index contributed by atoms with van der Waals surface area (Å²) in [7, 11) is -3.28. The highest BCUT2D eigenvalue weighted by molar-refractivity contribution is 6.49. The maximum atomic E-state index is 8.49. The third-order valence-electron chi connectivity index (χ3n) is 2.94. The number of allylic oxidation sites excluding steroid dienone is 1. The zero-order valence-electron chi connectivity index (χ0n) is 12.0. The van der Waals surface area contributed by atoms with Gasteiger partial charge in [-0.2, -0.15) is 0 Å². The summed E-state index contributed by atoms with van der Waals surface area (Å²) >= 11 is 6.24. The molecule has 0 atom stereocenters. The maximum absolute atomic E-state index is 8.49. The Hall–Kier alpha value is -1.15. The van der Waals surface area contributed by atoms with Crippen molar-refractivity contribution < 1.29 is 38.2 Å². The molecule has 6 nitrogen and oxygen atoms in total. The van der Waals surface area contributed by atoms with Crippen LogP contribution in [-0.2, 0) is 0 Å². The van der Waals surface area contributed by atoms with Gasteiger partial charge in [0.25, 0.3) is 0 Å². The minimum atomic E-state index is -4.94. The number of methoxy groups -OCH3 is 1. The molecule has 2 rings (SSSR count). The predicted molar refractivity (Wildman–Crippen MR) is 72.1 cm³/mol.